The van der Waals surface area contributed by atoms with E-state index in [0.717, 1.165) is 21.2 Å². The number of carbonyl (C=O) groups excluding carboxylic acids is 1. The molecule has 0 fully saturated rings. The molecule has 0 heterocycles. The molecule has 0 saturated carbocycles. The number of ketones is 1. The van der Waals surface area contributed by atoms with Crippen LogP contribution in [0.15, 0.2) is 47.0 Å². The number of allylic oxidation sites excluding steroid dienone is 3. The van der Waals surface area contributed by atoms with Gasteiger partial charge in [0, 0.05) is 4.47 Å². The van der Waals surface area contributed by atoms with Crippen molar-refractivity contribution in [3.8, 4) is 0 Å². The second kappa shape index (κ2) is 5.08. The molecule has 0 aliphatic carbocycles. The minimum atomic E-state index is 0.0379. The lowest BCUT2D eigenvalue weighted by molar-refractivity contribution is -0.112. The summed E-state index contributed by atoms with van der Waals surface area (Å²) in [5, 5.41) is 0. The summed E-state index contributed by atoms with van der Waals surface area (Å²) in [6.45, 7) is 7.32. The highest BCUT2D eigenvalue weighted by Gasteiger charge is 2.03. The predicted octanol–water partition coefficient (Wildman–Crippen LogP) is 4.00. The van der Waals surface area contributed by atoms with Crippen LogP contribution in [-0.2, 0) is 4.79 Å². The third-order valence-corrected chi connectivity index (χ3v) is 2.49. The van der Waals surface area contributed by atoms with Gasteiger partial charge in [-0.05, 0) is 43.2 Å². The standard InChI is InChI=1S/C13H13BrO/c1-9(2)13(8-10(3)15)11-4-6-12(14)7-5-11/h4-8H,1H2,2-3H3/b13-8+. The Balaban J connectivity index is 3.16. The third-order valence-electron chi connectivity index (χ3n) is 1.96. The first-order chi connectivity index (χ1) is 7.00. The first kappa shape index (κ1) is 11.9. The van der Waals surface area contributed by atoms with Gasteiger partial charge in [-0.3, -0.25) is 4.79 Å². The quantitative estimate of drug-likeness (QED) is 0.596. The predicted molar refractivity (Wildman–Crippen MR) is 67.6 cm³/mol. The Bertz CT molecular complexity index is 413. The lowest BCUT2D eigenvalue weighted by Gasteiger charge is -2.06. The maximum absolute atomic E-state index is 11.1. The molecular weight excluding hydrogens is 252 g/mol. The Kier molecular flexibility index (Phi) is 4.04. The second-order valence-corrected chi connectivity index (χ2v) is 4.37. The smallest absolute Gasteiger partial charge is 0.153 e. The van der Waals surface area contributed by atoms with E-state index < -0.39 is 0 Å². The van der Waals surface area contributed by atoms with Crippen LogP contribution in [0.5, 0.6) is 0 Å². The molecule has 0 amide bonds. The molecule has 78 valence electrons. The van der Waals surface area contributed by atoms with Gasteiger partial charge in [-0.25, -0.2) is 0 Å². The van der Waals surface area contributed by atoms with Crippen molar-refractivity contribution in [3.63, 3.8) is 0 Å². The number of rotatable bonds is 3. The largest absolute Gasteiger partial charge is 0.295 e. The summed E-state index contributed by atoms with van der Waals surface area (Å²) < 4.78 is 1.02. The van der Waals surface area contributed by atoms with Gasteiger partial charge in [0.1, 0.15) is 0 Å². The summed E-state index contributed by atoms with van der Waals surface area (Å²) in [5.41, 5.74) is 2.81. The highest BCUT2D eigenvalue weighted by molar-refractivity contribution is 9.10. The van der Waals surface area contributed by atoms with Crippen LogP contribution >= 0.6 is 15.9 Å². The van der Waals surface area contributed by atoms with Gasteiger partial charge in [0.15, 0.2) is 5.78 Å². The normalized spacial score (nSPS) is 11.3. The third kappa shape index (κ3) is 3.48. The first-order valence-electron chi connectivity index (χ1n) is 4.65. The number of halogens is 1. The van der Waals surface area contributed by atoms with Gasteiger partial charge in [0.2, 0.25) is 0 Å². The van der Waals surface area contributed by atoms with Crippen molar-refractivity contribution in [2.45, 2.75) is 13.8 Å². The van der Waals surface area contributed by atoms with E-state index in [0.29, 0.717) is 0 Å². The molecule has 0 atom stereocenters. The molecule has 2 heteroatoms. The maximum atomic E-state index is 11.1. The van der Waals surface area contributed by atoms with E-state index in [1.54, 1.807) is 13.0 Å². The Hall–Kier alpha value is -1.15. The molecule has 1 rings (SSSR count). The average Bonchev–Trinajstić information content (AvgIpc) is 2.15. The maximum Gasteiger partial charge on any atom is 0.153 e. The molecule has 15 heavy (non-hydrogen) atoms. The van der Waals surface area contributed by atoms with Crippen LogP contribution in [0.2, 0.25) is 0 Å². The number of hydrogen-bond acceptors (Lipinski definition) is 1. The zero-order valence-electron chi connectivity index (χ0n) is 8.88. The summed E-state index contributed by atoms with van der Waals surface area (Å²) >= 11 is 3.37. The van der Waals surface area contributed by atoms with Crippen molar-refractivity contribution in [2.24, 2.45) is 0 Å². The van der Waals surface area contributed by atoms with Crippen LogP contribution in [0.4, 0.5) is 0 Å². The first-order valence-corrected chi connectivity index (χ1v) is 5.44. The average molecular weight is 265 g/mol. The van der Waals surface area contributed by atoms with Gasteiger partial charge in [0.25, 0.3) is 0 Å². The summed E-state index contributed by atoms with van der Waals surface area (Å²) in [7, 11) is 0. The van der Waals surface area contributed by atoms with Crippen LogP contribution in [0.25, 0.3) is 5.57 Å². The Labute approximate surface area is 98.6 Å². The van der Waals surface area contributed by atoms with E-state index in [2.05, 4.69) is 22.5 Å². The molecule has 1 aromatic carbocycles. The van der Waals surface area contributed by atoms with E-state index in [1.165, 1.54) is 0 Å². The molecule has 0 unspecified atom stereocenters. The summed E-state index contributed by atoms with van der Waals surface area (Å²) in [6.07, 6.45) is 1.62. The van der Waals surface area contributed by atoms with E-state index in [4.69, 9.17) is 0 Å². The van der Waals surface area contributed by atoms with Gasteiger partial charge < -0.3 is 0 Å². The monoisotopic (exact) mass is 264 g/mol. The fourth-order valence-corrected chi connectivity index (χ4v) is 1.55. The summed E-state index contributed by atoms with van der Waals surface area (Å²) in [6, 6.07) is 7.83. The van der Waals surface area contributed by atoms with Crippen LogP contribution in [0.1, 0.15) is 19.4 Å². The highest BCUT2D eigenvalue weighted by atomic mass is 79.9. The molecule has 0 spiro atoms. The highest BCUT2D eigenvalue weighted by Crippen LogP contribution is 2.23. The van der Waals surface area contributed by atoms with Gasteiger partial charge in [-0.1, -0.05) is 40.2 Å². The molecule has 0 saturated heterocycles. The Morgan fingerprint density at radius 2 is 1.80 bits per heavy atom. The van der Waals surface area contributed by atoms with Crippen molar-refractivity contribution in [3.05, 3.63) is 52.5 Å². The summed E-state index contributed by atoms with van der Waals surface area (Å²) in [5.74, 6) is 0.0379. The van der Waals surface area contributed by atoms with Crippen molar-refractivity contribution in [1.29, 1.82) is 0 Å². The van der Waals surface area contributed by atoms with Gasteiger partial charge >= 0.3 is 0 Å². The number of hydrogen-bond donors (Lipinski definition) is 0. The molecule has 1 aromatic rings. The lowest BCUT2D eigenvalue weighted by Crippen LogP contribution is -1.90. The van der Waals surface area contributed by atoms with Crippen molar-refractivity contribution >= 4 is 27.3 Å². The van der Waals surface area contributed by atoms with Crippen LogP contribution in [0.3, 0.4) is 0 Å². The van der Waals surface area contributed by atoms with Gasteiger partial charge in [0.05, 0.1) is 0 Å². The fourth-order valence-electron chi connectivity index (χ4n) is 1.29. The zero-order chi connectivity index (χ0) is 11.4. The van der Waals surface area contributed by atoms with Crippen molar-refractivity contribution in [2.75, 3.05) is 0 Å². The molecule has 0 bridgehead atoms. The number of carbonyl (C=O) groups is 1. The van der Waals surface area contributed by atoms with Crippen LogP contribution < -0.4 is 0 Å². The molecule has 0 aromatic heterocycles. The van der Waals surface area contributed by atoms with Crippen LogP contribution in [-0.4, -0.2) is 5.78 Å². The lowest BCUT2D eigenvalue weighted by atomic mass is 9.99. The molecule has 0 aliphatic rings. The molecule has 1 nitrogen and oxygen atoms in total. The molecule has 0 N–H and O–H groups in total. The van der Waals surface area contributed by atoms with Crippen molar-refractivity contribution in [1.82, 2.24) is 0 Å². The molecule has 0 aliphatic heterocycles. The van der Waals surface area contributed by atoms with E-state index in [9.17, 15) is 4.79 Å². The second-order valence-electron chi connectivity index (χ2n) is 3.46. The topological polar surface area (TPSA) is 17.1 Å². The van der Waals surface area contributed by atoms with E-state index >= 15 is 0 Å². The fraction of sp³-hybridized carbons (Fsp3) is 0.154. The summed E-state index contributed by atoms with van der Waals surface area (Å²) in [4.78, 5) is 11.1. The zero-order valence-corrected chi connectivity index (χ0v) is 10.5. The number of benzene rings is 1. The SMILES string of the molecule is C=C(C)/C(=C\C(C)=O)c1ccc(Br)cc1. The minimum absolute atomic E-state index is 0.0379. The van der Waals surface area contributed by atoms with E-state index in [-0.39, 0.29) is 5.78 Å². The Morgan fingerprint density at radius 1 is 1.27 bits per heavy atom. The minimum Gasteiger partial charge on any atom is -0.295 e. The van der Waals surface area contributed by atoms with E-state index in [1.807, 2.05) is 31.2 Å². The van der Waals surface area contributed by atoms with Gasteiger partial charge in [-0.2, -0.15) is 0 Å². The Morgan fingerprint density at radius 3 is 2.20 bits per heavy atom. The van der Waals surface area contributed by atoms with Gasteiger partial charge in [-0.15, -0.1) is 0 Å². The van der Waals surface area contributed by atoms with Crippen molar-refractivity contribution < 1.29 is 4.79 Å². The van der Waals surface area contributed by atoms with Crippen LogP contribution in [0, 0.1) is 0 Å². The molecule has 0 radical (unpaired) electrons. The molecular formula is C13H13BrO.